The van der Waals surface area contributed by atoms with E-state index in [-0.39, 0.29) is 18.2 Å². The number of ether oxygens (including phenoxy) is 3. The standard InChI is InChI=1S/C18H24N2O5/c1-2-23-18(22)19-14-7-5-6-13(12-14)16(21)20-9-4-3-8-15(20)17-24-10-11-25-17/h5-7,12,15,17H,2-4,8-11H2,1H3,(H,19,22)/t15-/m1/s1. The highest BCUT2D eigenvalue weighted by Crippen LogP contribution is 2.26. The molecule has 2 heterocycles. The predicted octanol–water partition coefficient (Wildman–Crippen LogP) is 2.62. The molecule has 3 rings (SSSR count). The summed E-state index contributed by atoms with van der Waals surface area (Å²) in [5, 5.41) is 2.63. The molecule has 0 aliphatic carbocycles. The molecule has 0 unspecified atom stereocenters. The van der Waals surface area contributed by atoms with Gasteiger partial charge in [-0.25, -0.2) is 4.79 Å². The zero-order valence-electron chi connectivity index (χ0n) is 14.4. The van der Waals surface area contributed by atoms with Gasteiger partial charge in [-0.2, -0.15) is 0 Å². The molecule has 7 nitrogen and oxygen atoms in total. The highest BCUT2D eigenvalue weighted by molar-refractivity contribution is 5.96. The van der Waals surface area contributed by atoms with Crippen molar-refractivity contribution in [1.82, 2.24) is 4.90 Å². The molecule has 0 saturated carbocycles. The quantitative estimate of drug-likeness (QED) is 0.905. The Labute approximate surface area is 147 Å². The van der Waals surface area contributed by atoms with Crippen molar-refractivity contribution >= 4 is 17.7 Å². The van der Waals surface area contributed by atoms with Crippen LogP contribution in [0.2, 0.25) is 0 Å². The molecular weight excluding hydrogens is 324 g/mol. The summed E-state index contributed by atoms with van der Waals surface area (Å²) in [6.07, 6.45) is 2.02. The Kier molecular flexibility index (Phi) is 5.88. The van der Waals surface area contributed by atoms with Crippen LogP contribution in [0.15, 0.2) is 24.3 Å². The van der Waals surface area contributed by atoms with Crippen LogP contribution >= 0.6 is 0 Å². The molecule has 0 aromatic heterocycles. The summed E-state index contributed by atoms with van der Waals surface area (Å²) >= 11 is 0. The summed E-state index contributed by atoms with van der Waals surface area (Å²) in [5.74, 6) is -0.0729. The van der Waals surface area contributed by atoms with E-state index in [4.69, 9.17) is 14.2 Å². The summed E-state index contributed by atoms with van der Waals surface area (Å²) in [5.41, 5.74) is 1.06. The molecule has 25 heavy (non-hydrogen) atoms. The third-order valence-electron chi connectivity index (χ3n) is 4.40. The average Bonchev–Trinajstić information content (AvgIpc) is 3.16. The van der Waals surface area contributed by atoms with Crippen LogP contribution in [0.4, 0.5) is 10.5 Å². The molecule has 1 aromatic rings. The molecule has 7 heteroatoms. The molecule has 2 saturated heterocycles. The average molecular weight is 348 g/mol. The maximum absolute atomic E-state index is 13.0. The fraction of sp³-hybridized carbons (Fsp3) is 0.556. The van der Waals surface area contributed by atoms with E-state index in [9.17, 15) is 9.59 Å². The first-order chi connectivity index (χ1) is 12.2. The molecular formula is C18H24N2O5. The third-order valence-corrected chi connectivity index (χ3v) is 4.40. The van der Waals surface area contributed by atoms with E-state index in [0.717, 1.165) is 19.3 Å². The predicted molar refractivity (Wildman–Crippen MR) is 91.5 cm³/mol. The lowest BCUT2D eigenvalue weighted by atomic mass is 10.00. The summed E-state index contributed by atoms with van der Waals surface area (Å²) in [7, 11) is 0. The number of carbonyl (C=O) groups excluding carboxylic acids is 2. The molecule has 136 valence electrons. The largest absolute Gasteiger partial charge is 0.450 e. The minimum Gasteiger partial charge on any atom is -0.450 e. The normalized spacial score (nSPS) is 21.2. The molecule has 1 aromatic carbocycles. The molecule has 0 bridgehead atoms. The lowest BCUT2D eigenvalue weighted by Crippen LogP contribution is -2.50. The third kappa shape index (κ3) is 4.29. The minimum absolute atomic E-state index is 0.0644. The zero-order valence-corrected chi connectivity index (χ0v) is 14.4. The van der Waals surface area contributed by atoms with E-state index in [1.807, 2.05) is 4.90 Å². The summed E-state index contributed by atoms with van der Waals surface area (Å²) in [4.78, 5) is 26.4. The number of likely N-dealkylation sites (tertiary alicyclic amines) is 1. The number of anilines is 1. The molecule has 0 radical (unpaired) electrons. The number of amides is 2. The van der Waals surface area contributed by atoms with Gasteiger partial charge in [-0.3, -0.25) is 10.1 Å². The number of rotatable bonds is 4. The second kappa shape index (κ2) is 8.31. The van der Waals surface area contributed by atoms with Gasteiger partial charge >= 0.3 is 6.09 Å². The molecule has 2 aliphatic rings. The fourth-order valence-electron chi connectivity index (χ4n) is 3.27. The van der Waals surface area contributed by atoms with E-state index in [1.54, 1.807) is 31.2 Å². The van der Waals surface area contributed by atoms with Gasteiger partial charge in [-0.1, -0.05) is 6.07 Å². The van der Waals surface area contributed by atoms with E-state index in [2.05, 4.69) is 5.32 Å². The Morgan fingerprint density at radius 1 is 1.28 bits per heavy atom. The van der Waals surface area contributed by atoms with Crippen LogP contribution in [-0.2, 0) is 14.2 Å². The number of carbonyl (C=O) groups is 2. The number of nitrogens with one attached hydrogen (secondary N) is 1. The Balaban J connectivity index is 1.73. The van der Waals surface area contributed by atoms with Gasteiger partial charge in [0.1, 0.15) is 0 Å². The van der Waals surface area contributed by atoms with E-state index in [1.165, 1.54) is 0 Å². The summed E-state index contributed by atoms with van der Waals surface area (Å²) in [6.45, 7) is 3.86. The van der Waals surface area contributed by atoms with Gasteiger partial charge in [0, 0.05) is 17.8 Å². The van der Waals surface area contributed by atoms with E-state index in [0.29, 0.717) is 37.6 Å². The van der Waals surface area contributed by atoms with E-state index >= 15 is 0 Å². The second-order valence-corrected chi connectivity index (χ2v) is 6.10. The van der Waals surface area contributed by atoms with Crippen LogP contribution in [-0.4, -0.2) is 55.6 Å². The highest BCUT2D eigenvalue weighted by atomic mass is 16.7. The van der Waals surface area contributed by atoms with Crippen molar-refractivity contribution in [2.45, 2.75) is 38.5 Å². The Morgan fingerprint density at radius 3 is 2.84 bits per heavy atom. The van der Waals surface area contributed by atoms with E-state index < -0.39 is 6.09 Å². The number of hydrogen-bond acceptors (Lipinski definition) is 5. The van der Waals surface area contributed by atoms with Crippen molar-refractivity contribution in [2.75, 3.05) is 31.7 Å². The number of nitrogens with zero attached hydrogens (tertiary/aromatic N) is 1. The maximum atomic E-state index is 13.0. The zero-order chi connectivity index (χ0) is 17.6. The van der Waals surface area contributed by atoms with Gasteiger partial charge in [-0.05, 0) is 44.4 Å². The molecule has 2 amide bonds. The SMILES string of the molecule is CCOC(=O)Nc1cccc(C(=O)N2CCCC[C@@H]2C2OCCO2)c1. The molecule has 1 N–H and O–H groups in total. The van der Waals surface area contributed by atoms with Gasteiger partial charge < -0.3 is 19.1 Å². The van der Waals surface area contributed by atoms with Gasteiger partial charge in [0.05, 0.1) is 25.9 Å². The van der Waals surface area contributed by atoms with Crippen molar-refractivity contribution in [3.63, 3.8) is 0 Å². The smallest absolute Gasteiger partial charge is 0.411 e. The number of benzene rings is 1. The Morgan fingerprint density at radius 2 is 2.08 bits per heavy atom. The van der Waals surface area contributed by atoms with Crippen LogP contribution in [0, 0.1) is 0 Å². The van der Waals surface area contributed by atoms with Crippen molar-refractivity contribution in [2.24, 2.45) is 0 Å². The minimum atomic E-state index is -0.532. The lowest BCUT2D eigenvalue weighted by Gasteiger charge is -2.38. The first-order valence-electron chi connectivity index (χ1n) is 8.77. The molecule has 0 spiro atoms. The molecule has 2 fully saturated rings. The highest BCUT2D eigenvalue weighted by Gasteiger charge is 2.36. The number of hydrogen-bond donors (Lipinski definition) is 1. The first kappa shape index (κ1) is 17.7. The van der Waals surface area contributed by atoms with Crippen molar-refractivity contribution < 1.29 is 23.8 Å². The molecule has 1 atom stereocenters. The second-order valence-electron chi connectivity index (χ2n) is 6.10. The van der Waals surface area contributed by atoms with Crippen LogP contribution < -0.4 is 5.32 Å². The molecule has 2 aliphatic heterocycles. The topological polar surface area (TPSA) is 77.1 Å². The fourth-order valence-corrected chi connectivity index (χ4v) is 3.27. The van der Waals surface area contributed by atoms with Crippen molar-refractivity contribution in [3.8, 4) is 0 Å². The Bertz CT molecular complexity index is 615. The Hall–Kier alpha value is -2.12. The number of piperidine rings is 1. The van der Waals surface area contributed by atoms with Crippen LogP contribution in [0.25, 0.3) is 0 Å². The first-order valence-corrected chi connectivity index (χ1v) is 8.77. The summed E-state index contributed by atoms with van der Waals surface area (Å²) < 4.78 is 16.1. The van der Waals surface area contributed by atoms with Crippen molar-refractivity contribution in [3.05, 3.63) is 29.8 Å². The van der Waals surface area contributed by atoms with Gasteiger partial charge in [-0.15, -0.1) is 0 Å². The van der Waals surface area contributed by atoms with Gasteiger partial charge in [0.25, 0.3) is 5.91 Å². The monoisotopic (exact) mass is 348 g/mol. The maximum Gasteiger partial charge on any atom is 0.411 e. The van der Waals surface area contributed by atoms with Gasteiger partial charge in [0.2, 0.25) is 0 Å². The van der Waals surface area contributed by atoms with Crippen LogP contribution in [0.5, 0.6) is 0 Å². The van der Waals surface area contributed by atoms with Gasteiger partial charge in [0.15, 0.2) is 6.29 Å². The van der Waals surface area contributed by atoms with Crippen LogP contribution in [0.3, 0.4) is 0 Å². The van der Waals surface area contributed by atoms with Crippen molar-refractivity contribution in [1.29, 1.82) is 0 Å². The van der Waals surface area contributed by atoms with Crippen LogP contribution in [0.1, 0.15) is 36.5 Å². The lowest BCUT2D eigenvalue weighted by molar-refractivity contribution is -0.100. The summed E-state index contributed by atoms with van der Waals surface area (Å²) in [6, 6.07) is 6.83.